The number of oxazole rings is 1. The third-order valence-electron chi connectivity index (χ3n) is 4.81. The third kappa shape index (κ3) is 4.51. The number of aromatic nitrogens is 1. The summed E-state index contributed by atoms with van der Waals surface area (Å²) in [5.74, 6) is 1.06. The number of ether oxygens (including phenoxy) is 1. The molecule has 1 amide bonds. The Hall–Kier alpha value is -3.60. The van der Waals surface area contributed by atoms with Gasteiger partial charge in [0.25, 0.3) is 5.91 Å². The molecule has 152 valence electrons. The highest BCUT2D eigenvalue weighted by Crippen LogP contribution is 2.27. The highest BCUT2D eigenvalue weighted by atomic mass is 16.5. The van der Waals surface area contributed by atoms with Crippen LogP contribution in [0.15, 0.2) is 71.1 Å². The minimum Gasteiger partial charge on any atom is -0.494 e. The SMILES string of the molecule is CCCCOc1cccc(C(=O)Nc2ccc3oc(-c4ccc(C)cc4)nc3c2)c1. The van der Waals surface area contributed by atoms with Crippen molar-refractivity contribution in [1.82, 2.24) is 4.98 Å². The van der Waals surface area contributed by atoms with Crippen molar-refractivity contribution in [3.05, 3.63) is 77.9 Å². The van der Waals surface area contributed by atoms with Crippen LogP contribution < -0.4 is 10.1 Å². The van der Waals surface area contributed by atoms with E-state index in [0.717, 1.165) is 18.4 Å². The van der Waals surface area contributed by atoms with Crippen LogP contribution in [0.1, 0.15) is 35.7 Å². The first kappa shape index (κ1) is 19.7. The maximum atomic E-state index is 12.7. The third-order valence-corrected chi connectivity index (χ3v) is 4.81. The average molecular weight is 400 g/mol. The van der Waals surface area contributed by atoms with Crippen molar-refractivity contribution >= 4 is 22.7 Å². The maximum absolute atomic E-state index is 12.7. The zero-order chi connectivity index (χ0) is 20.9. The largest absolute Gasteiger partial charge is 0.494 e. The molecule has 0 aliphatic carbocycles. The first-order valence-corrected chi connectivity index (χ1v) is 10.1. The highest BCUT2D eigenvalue weighted by molar-refractivity contribution is 6.05. The number of fused-ring (bicyclic) bond motifs is 1. The number of nitrogens with one attached hydrogen (secondary N) is 1. The minimum atomic E-state index is -0.197. The van der Waals surface area contributed by atoms with Gasteiger partial charge in [0.1, 0.15) is 11.3 Å². The number of hydrogen-bond acceptors (Lipinski definition) is 4. The molecule has 0 saturated heterocycles. The van der Waals surface area contributed by atoms with Crippen molar-refractivity contribution in [3.8, 4) is 17.2 Å². The van der Waals surface area contributed by atoms with Gasteiger partial charge in [-0.25, -0.2) is 4.98 Å². The van der Waals surface area contributed by atoms with Crippen molar-refractivity contribution in [2.24, 2.45) is 0 Å². The molecule has 30 heavy (non-hydrogen) atoms. The summed E-state index contributed by atoms with van der Waals surface area (Å²) in [5.41, 5.74) is 4.68. The van der Waals surface area contributed by atoms with Crippen molar-refractivity contribution in [2.45, 2.75) is 26.7 Å². The van der Waals surface area contributed by atoms with Gasteiger partial charge >= 0.3 is 0 Å². The first-order valence-electron chi connectivity index (χ1n) is 10.1. The molecule has 0 spiro atoms. The van der Waals surface area contributed by atoms with E-state index in [1.807, 2.05) is 61.5 Å². The van der Waals surface area contributed by atoms with Crippen molar-refractivity contribution in [1.29, 1.82) is 0 Å². The van der Waals surface area contributed by atoms with E-state index < -0.39 is 0 Å². The molecule has 0 saturated carbocycles. The second-order valence-electron chi connectivity index (χ2n) is 7.25. The van der Waals surface area contributed by atoms with Crippen LogP contribution in [0.2, 0.25) is 0 Å². The van der Waals surface area contributed by atoms with Crippen LogP contribution in [-0.4, -0.2) is 17.5 Å². The fraction of sp³-hybridized carbons (Fsp3) is 0.200. The van der Waals surface area contributed by atoms with E-state index >= 15 is 0 Å². The standard InChI is InChI=1S/C25H24N2O3/c1-3-4-14-29-21-7-5-6-19(15-21)24(28)26-20-12-13-23-22(16-20)27-25(30-23)18-10-8-17(2)9-11-18/h5-13,15-16H,3-4,14H2,1-2H3,(H,26,28). The first-order chi connectivity index (χ1) is 14.6. The molecular formula is C25H24N2O3. The van der Waals surface area contributed by atoms with Gasteiger partial charge in [0.15, 0.2) is 5.58 Å². The Morgan fingerprint density at radius 3 is 2.70 bits per heavy atom. The van der Waals surface area contributed by atoms with Crippen LogP contribution in [0, 0.1) is 6.92 Å². The summed E-state index contributed by atoms with van der Waals surface area (Å²) >= 11 is 0. The number of nitrogens with zero attached hydrogens (tertiary/aromatic N) is 1. The van der Waals surface area contributed by atoms with E-state index in [4.69, 9.17) is 9.15 Å². The highest BCUT2D eigenvalue weighted by Gasteiger charge is 2.11. The number of benzene rings is 3. The second-order valence-corrected chi connectivity index (χ2v) is 7.25. The Bertz CT molecular complexity index is 1160. The van der Waals surface area contributed by atoms with Crippen LogP contribution in [0.5, 0.6) is 5.75 Å². The zero-order valence-electron chi connectivity index (χ0n) is 17.1. The summed E-state index contributed by atoms with van der Waals surface area (Å²) in [4.78, 5) is 17.3. The van der Waals surface area contributed by atoms with E-state index in [2.05, 4.69) is 17.2 Å². The summed E-state index contributed by atoms with van der Waals surface area (Å²) in [6.07, 6.45) is 2.05. The molecule has 3 aromatic carbocycles. The molecule has 5 nitrogen and oxygen atoms in total. The molecule has 1 aromatic heterocycles. The number of hydrogen-bond donors (Lipinski definition) is 1. The van der Waals surface area contributed by atoms with E-state index in [0.29, 0.717) is 40.6 Å². The number of carbonyl (C=O) groups is 1. The van der Waals surface area contributed by atoms with E-state index in [1.54, 1.807) is 12.1 Å². The smallest absolute Gasteiger partial charge is 0.255 e. The van der Waals surface area contributed by atoms with Crippen LogP contribution in [0.3, 0.4) is 0 Å². The van der Waals surface area contributed by atoms with Gasteiger partial charge in [0.2, 0.25) is 5.89 Å². The molecule has 1 heterocycles. The van der Waals surface area contributed by atoms with Gasteiger partial charge in [-0.15, -0.1) is 0 Å². The summed E-state index contributed by atoms with van der Waals surface area (Å²) in [7, 11) is 0. The molecule has 0 aliphatic rings. The maximum Gasteiger partial charge on any atom is 0.255 e. The summed E-state index contributed by atoms with van der Waals surface area (Å²) in [6, 6.07) is 20.7. The lowest BCUT2D eigenvalue weighted by molar-refractivity contribution is 0.102. The summed E-state index contributed by atoms with van der Waals surface area (Å²) in [5, 5.41) is 2.93. The second kappa shape index (κ2) is 8.82. The topological polar surface area (TPSA) is 64.4 Å². The van der Waals surface area contributed by atoms with Gasteiger partial charge in [0.05, 0.1) is 6.61 Å². The molecule has 0 atom stereocenters. The van der Waals surface area contributed by atoms with Crippen LogP contribution in [0.4, 0.5) is 5.69 Å². The van der Waals surface area contributed by atoms with Gasteiger partial charge < -0.3 is 14.5 Å². The zero-order valence-corrected chi connectivity index (χ0v) is 17.1. The lowest BCUT2D eigenvalue weighted by Crippen LogP contribution is -2.12. The van der Waals surface area contributed by atoms with Gasteiger partial charge in [-0.3, -0.25) is 4.79 Å². The lowest BCUT2D eigenvalue weighted by Gasteiger charge is -2.08. The Morgan fingerprint density at radius 2 is 1.90 bits per heavy atom. The molecule has 1 N–H and O–H groups in total. The monoisotopic (exact) mass is 400 g/mol. The molecule has 5 heteroatoms. The van der Waals surface area contributed by atoms with Crippen LogP contribution >= 0.6 is 0 Å². The minimum absolute atomic E-state index is 0.197. The molecule has 0 fully saturated rings. The molecular weight excluding hydrogens is 376 g/mol. The predicted molar refractivity (Wildman–Crippen MR) is 119 cm³/mol. The fourth-order valence-corrected chi connectivity index (χ4v) is 3.09. The van der Waals surface area contributed by atoms with Crippen molar-refractivity contribution in [2.75, 3.05) is 11.9 Å². The van der Waals surface area contributed by atoms with Gasteiger partial charge in [-0.2, -0.15) is 0 Å². The number of amides is 1. The van der Waals surface area contributed by atoms with Crippen molar-refractivity contribution < 1.29 is 13.9 Å². The molecule has 4 aromatic rings. The van der Waals surface area contributed by atoms with E-state index in [9.17, 15) is 4.79 Å². The Balaban J connectivity index is 1.50. The fourth-order valence-electron chi connectivity index (χ4n) is 3.09. The number of rotatable bonds is 7. The molecule has 4 rings (SSSR count). The number of aryl methyl sites for hydroxylation is 1. The normalized spacial score (nSPS) is 10.9. The quantitative estimate of drug-likeness (QED) is 0.373. The van der Waals surface area contributed by atoms with E-state index in [1.165, 1.54) is 5.56 Å². The Kier molecular flexibility index (Phi) is 5.80. The Morgan fingerprint density at radius 1 is 1.07 bits per heavy atom. The Labute approximate surface area is 175 Å². The van der Waals surface area contributed by atoms with E-state index in [-0.39, 0.29) is 5.91 Å². The van der Waals surface area contributed by atoms with Crippen molar-refractivity contribution in [3.63, 3.8) is 0 Å². The molecule has 0 bridgehead atoms. The van der Waals surface area contributed by atoms with Crippen LogP contribution in [-0.2, 0) is 0 Å². The number of carbonyl (C=O) groups excluding carboxylic acids is 1. The summed E-state index contributed by atoms with van der Waals surface area (Å²) < 4.78 is 11.6. The van der Waals surface area contributed by atoms with Gasteiger partial charge in [-0.1, -0.05) is 37.1 Å². The van der Waals surface area contributed by atoms with Gasteiger partial charge in [0, 0.05) is 16.8 Å². The molecule has 0 unspecified atom stereocenters. The average Bonchev–Trinajstić information content (AvgIpc) is 3.18. The lowest BCUT2D eigenvalue weighted by atomic mass is 10.1. The number of anilines is 1. The van der Waals surface area contributed by atoms with Gasteiger partial charge in [-0.05, 0) is 61.9 Å². The molecule has 0 radical (unpaired) electrons. The predicted octanol–water partition coefficient (Wildman–Crippen LogP) is 6.23. The molecule has 0 aliphatic heterocycles. The number of unbranched alkanes of at least 4 members (excludes halogenated alkanes) is 1. The summed E-state index contributed by atoms with van der Waals surface area (Å²) in [6.45, 7) is 4.80. The van der Waals surface area contributed by atoms with Crippen LogP contribution in [0.25, 0.3) is 22.6 Å².